The summed E-state index contributed by atoms with van der Waals surface area (Å²) in [5.74, 6) is 0.140. The molecular formula is C11H12BrNO3. The second kappa shape index (κ2) is 4.82. The fraction of sp³-hybridized carbons (Fsp3) is 0.455. The molecule has 5 heteroatoms. The minimum atomic E-state index is -0.400. The summed E-state index contributed by atoms with van der Waals surface area (Å²) < 4.78 is 10.9. The molecule has 1 heterocycles. The largest absolute Gasteiger partial charge is 0.474 e. The lowest BCUT2D eigenvalue weighted by Gasteiger charge is -2.26. The topological polar surface area (TPSA) is 48.4 Å². The van der Waals surface area contributed by atoms with Gasteiger partial charge in [-0.2, -0.15) is 0 Å². The van der Waals surface area contributed by atoms with E-state index in [2.05, 4.69) is 25.7 Å². The summed E-state index contributed by atoms with van der Waals surface area (Å²) in [6.45, 7) is 0. The highest BCUT2D eigenvalue weighted by molar-refractivity contribution is 9.10. The van der Waals surface area contributed by atoms with Crippen LogP contribution in [0.1, 0.15) is 29.6 Å². The lowest BCUT2D eigenvalue weighted by Crippen LogP contribution is -2.25. The predicted octanol–water partition coefficient (Wildman–Crippen LogP) is 2.56. The molecular weight excluding hydrogens is 274 g/mol. The molecule has 0 saturated heterocycles. The number of carbonyl (C=O) groups excluding carboxylic acids is 1. The molecule has 1 aromatic heterocycles. The molecule has 0 radical (unpaired) electrons. The Balaban J connectivity index is 2.12. The fourth-order valence-corrected chi connectivity index (χ4v) is 1.83. The molecule has 1 aliphatic carbocycles. The number of hydrogen-bond donors (Lipinski definition) is 0. The molecule has 0 aromatic carbocycles. The first kappa shape index (κ1) is 11.4. The Bertz CT molecular complexity index is 404. The molecule has 0 N–H and O–H groups in total. The summed E-state index contributed by atoms with van der Waals surface area (Å²) >= 11 is 3.33. The smallest absolute Gasteiger partial charge is 0.339 e. The molecule has 0 aliphatic heterocycles. The standard InChI is InChI=1S/C11H12BrNO3/c1-15-11(14)7-5-9(12)10(13-6-7)16-8-3-2-4-8/h5-6,8H,2-4H2,1H3. The van der Waals surface area contributed by atoms with E-state index in [1.807, 2.05) is 0 Å². The lowest BCUT2D eigenvalue weighted by molar-refractivity contribution is 0.0599. The average molecular weight is 286 g/mol. The summed E-state index contributed by atoms with van der Waals surface area (Å²) in [5, 5.41) is 0. The van der Waals surface area contributed by atoms with Crippen molar-refractivity contribution < 1.29 is 14.3 Å². The normalized spacial score (nSPS) is 15.4. The lowest BCUT2D eigenvalue weighted by atomic mass is 9.96. The van der Waals surface area contributed by atoms with Gasteiger partial charge in [0.05, 0.1) is 17.1 Å². The third-order valence-corrected chi connectivity index (χ3v) is 3.13. The number of pyridine rings is 1. The van der Waals surface area contributed by atoms with Crippen molar-refractivity contribution in [2.24, 2.45) is 0 Å². The first-order chi connectivity index (χ1) is 7.70. The van der Waals surface area contributed by atoms with E-state index in [0.717, 1.165) is 12.8 Å². The van der Waals surface area contributed by atoms with Gasteiger partial charge in [-0.3, -0.25) is 0 Å². The molecule has 1 fully saturated rings. The molecule has 1 aliphatic rings. The Hall–Kier alpha value is -1.10. The number of aromatic nitrogens is 1. The van der Waals surface area contributed by atoms with Crippen LogP contribution in [-0.4, -0.2) is 24.2 Å². The molecule has 86 valence electrons. The zero-order valence-corrected chi connectivity index (χ0v) is 10.5. The Morgan fingerprint density at radius 3 is 2.81 bits per heavy atom. The number of hydrogen-bond acceptors (Lipinski definition) is 4. The molecule has 2 rings (SSSR count). The van der Waals surface area contributed by atoms with Gasteiger partial charge in [0.2, 0.25) is 5.88 Å². The Morgan fingerprint density at radius 1 is 1.56 bits per heavy atom. The number of methoxy groups -OCH3 is 1. The number of rotatable bonds is 3. The molecule has 1 aromatic rings. The molecule has 0 bridgehead atoms. The maximum atomic E-state index is 11.2. The summed E-state index contributed by atoms with van der Waals surface area (Å²) in [6.07, 6.45) is 5.10. The van der Waals surface area contributed by atoms with Crippen molar-refractivity contribution in [2.45, 2.75) is 25.4 Å². The van der Waals surface area contributed by atoms with E-state index in [-0.39, 0.29) is 6.10 Å². The summed E-state index contributed by atoms with van der Waals surface area (Å²) in [6, 6.07) is 1.66. The van der Waals surface area contributed by atoms with Gasteiger partial charge in [0.15, 0.2) is 0 Å². The number of ether oxygens (including phenoxy) is 2. The van der Waals surface area contributed by atoms with Gasteiger partial charge >= 0.3 is 5.97 Å². The van der Waals surface area contributed by atoms with Crippen LogP contribution >= 0.6 is 15.9 Å². The summed E-state index contributed by atoms with van der Waals surface area (Å²) in [4.78, 5) is 15.3. The van der Waals surface area contributed by atoms with Crippen LogP contribution in [0.15, 0.2) is 16.7 Å². The second-order valence-corrected chi connectivity index (χ2v) is 4.53. The van der Waals surface area contributed by atoms with Crippen LogP contribution < -0.4 is 4.74 Å². The van der Waals surface area contributed by atoms with Crippen LogP contribution in [0.25, 0.3) is 0 Å². The van der Waals surface area contributed by atoms with Crippen molar-refractivity contribution in [3.05, 3.63) is 22.3 Å². The minimum absolute atomic E-state index is 0.271. The van der Waals surface area contributed by atoms with Gasteiger partial charge in [-0.25, -0.2) is 9.78 Å². The SMILES string of the molecule is COC(=O)c1cnc(OC2CCC2)c(Br)c1. The predicted molar refractivity (Wildman–Crippen MR) is 61.5 cm³/mol. The third kappa shape index (κ3) is 2.35. The van der Waals surface area contributed by atoms with Gasteiger partial charge in [0.1, 0.15) is 6.10 Å². The van der Waals surface area contributed by atoms with Crippen molar-refractivity contribution in [3.8, 4) is 5.88 Å². The van der Waals surface area contributed by atoms with Crippen LogP contribution in [0.3, 0.4) is 0 Å². The first-order valence-corrected chi connectivity index (χ1v) is 5.90. The van der Waals surface area contributed by atoms with Crippen LogP contribution in [0.5, 0.6) is 5.88 Å². The second-order valence-electron chi connectivity index (χ2n) is 3.67. The maximum absolute atomic E-state index is 11.2. The van der Waals surface area contributed by atoms with Crippen molar-refractivity contribution >= 4 is 21.9 Å². The van der Waals surface area contributed by atoms with Crippen molar-refractivity contribution in [3.63, 3.8) is 0 Å². The van der Waals surface area contributed by atoms with Gasteiger partial charge in [-0.1, -0.05) is 0 Å². The van der Waals surface area contributed by atoms with E-state index in [1.165, 1.54) is 19.7 Å². The Labute approximate surface area is 102 Å². The van der Waals surface area contributed by atoms with Crippen LogP contribution in [0.2, 0.25) is 0 Å². The van der Waals surface area contributed by atoms with Gasteiger partial charge in [-0.05, 0) is 41.3 Å². The van der Waals surface area contributed by atoms with E-state index >= 15 is 0 Å². The highest BCUT2D eigenvalue weighted by Gasteiger charge is 2.21. The number of halogens is 1. The van der Waals surface area contributed by atoms with E-state index in [1.54, 1.807) is 6.07 Å². The van der Waals surface area contributed by atoms with Crippen LogP contribution in [0.4, 0.5) is 0 Å². The molecule has 0 spiro atoms. The highest BCUT2D eigenvalue weighted by Crippen LogP contribution is 2.29. The van der Waals surface area contributed by atoms with E-state index in [4.69, 9.17) is 4.74 Å². The molecule has 16 heavy (non-hydrogen) atoms. The highest BCUT2D eigenvalue weighted by atomic mass is 79.9. The van der Waals surface area contributed by atoms with Crippen molar-refractivity contribution in [1.82, 2.24) is 4.98 Å². The van der Waals surface area contributed by atoms with Gasteiger partial charge in [0, 0.05) is 6.20 Å². The van der Waals surface area contributed by atoms with E-state index < -0.39 is 5.97 Å². The van der Waals surface area contributed by atoms with Crippen molar-refractivity contribution in [1.29, 1.82) is 0 Å². The number of esters is 1. The molecule has 4 nitrogen and oxygen atoms in total. The van der Waals surface area contributed by atoms with Crippen LogP contribution in [0, 0.1) is 0 Å². The zero-order valence-electron chi connectivity index (χ0n) is 8.90. The van der Waals surface area contributed by atoms with Gasteiger partial charge < -0.3 is 9.47 Å². The third-order valence-electron chi connectivity index (χ3n) is 2.56. The Morgan fingerprint density at radius 2 is 2.31 bits per heavy atom. The fourth-order valence-electron chi connectivity index (χ4n) is 1.39. The quantitative estimate of drug-likeness (QED) is 0.801. The molecule has 0 unspecified atom stereocenters. The van der Waals surface area contributed by atoms with E-state index in [0.29, 0.717) is 15.9 Å². The van der Waals surface area contributed by atoms with Gasteiger partial charge in [0.25, 0.3) is 0 Å². The molecule has 0 amide bonds. The summed E-state index contributed by atoms with van der Waals surface area (Å²) in [5.41, 5.74) is 0.412. The van der Waals surface area contributed by atoms with E-state index in [9.17, 15) is 4.79 Å². The number of nitrogens with zero attached hydrogens (tertiary/aromatic N) is 1. The summed E-state index contributed by atoms with van der Waals surface area (Å²) in [7, 11) is 1.34. The molecule has 1 saturated carbocycles. The molecule has 0 atom stereocenters. The van der Waals surface area contributed by atoms with Gasteiger partial charge in [-0.15, -0.1) is 0 Å². The van der Waals surface area contributed by atoms with Crippen LogP contribution in [-0.2, 0) is 4.74 Å². The first-order valence-electron chi connectivity index (χ1n) is 5.11. The van der Waals surface area contributed by atoms with Crippen molar-refractivity contribution in [2.75, 3.05) is 7.11 Å². The zero-order chi connectivity index (χ0) is 11.5. The number of carbonyl (C=O) groups is 1. The average Bonchev–Trinajstić information content (AvgIpc) is 2.23. The maximum Gasteiger partial charge on any atom is 0.339 e. The Kier molecular flexibility index (Phi) is 3.43. The monoisotopic (exact) mass is 285 g/mol. The minimum Gasteiger partial charge on any atom is -0.474 e.